The Morgan fingerprint density at radius 2 is 1.85 bits per heavy atom. The molecule has 0 saturated carbocycles. The lowest BCUT2D eigenvalue weighted by Crippen LogP contribution is -2.07. The van der Waals surface area contributed by atoms with Crippen LogP contribution in [0.2, 0.25) is 0 Å². The van der Waals surface area contributed by atoms with Gasteiger partial charge in [-0.1, -0.05) is 0 Å². The van der Waals surface area contributed by atoms with Crippen LogP contribution in [0.25, 0.3) is 0 Å². The molecule has 0 atom stereocenters. The lowest BCUT2D eigenvalue weighted by Gasteiger charge is -2.03. The molecular formula is C6H8N2O4S. The Kier molecular flexibility index (Phi) is 2.30. The summed E-state index contributed by atoms with van der Waals surface area (Å²) in [6.45, 7) is 0. The first-order valence-corrected chi connectivity index (χ1v) is 4.57. The lowest BCUT2D eigenvalue weighted by atomic mass is 10.3. The average Bonchev–Trinajstić information content (AvgIpc) is 1.94. The number of nitrogens with two attached hydrogens (primary N) is 2. The largest absolute Gasteiger partial charge is 0.446 e. The minimum atomic E-state index is -4.50. The SMILES string of the molecule is Nc1ccc(OS(=O)(=O)O)cc1N. The average molecular weight is 204 g/mol. The molecule has 0 fully saturated rings. The van der Waals surface area contributed by atoms with Crippen LogP contribution >= 0.6 is 0 Å². The van der Waals surface area contributed by atoms with Crippen LogP contribution in [0.5, 0.6) is 5.75 Å². The van der Waals surface area contributed by atoms with Crippen molar-refractivity contribution in [3.8, 4) is 5.75 Å². The number of hydrogen-bond acceptors (Lipinski definition) is 5. The molecule has 5 N–H and O–H groups in total. The van der Waals surface area contributed by atoms with Gasteiger partial charge in [-0.15, -0.1) is 0 Å². The molecule has 7 heteroatoms. The van der Waals surface area contributed by atoms with E-state index in [0.29, 0.717) is 5.69 Å². The molecule has 0 spiro atoms. The van der Waals surface area contributed by atoms with Gasteiger partial charge in [0, 0.05) is 6.07 Å². The molecule has 0 saturated heterocycles. The Bertz CT molecular complexity index is 415. The van der Waals surface area contributed by atoms with Crippen LogP contribution < -0.4 is 15.7 Å². The third-order valence-corrected chi connectivity index (χ3v) is 1.66. The fourth-order valence-corrected chi connectivity index (χ4v) is 1.07. The molecule has 0 radical (unpaired) electrons. The fraction of sp³-hybridized carbons (Fsp3) is 0. The molecule has 6 nitrogen and oxygen atoms in total. The van der Waals surface area contributed by atoms with Crippen molar-refractivity contribution in [2.45, 2.75) is 0 Å². The summed E-state index contributed by atoms with van der Waals surface area (Å²) in [5, 5.41) is 0. The number of anilines is 2. The quantitative estimate of drug-likeness (QED) is 0.462. The molecule has 1 aromatic rings. The molecule has 0 aliphatic carbocycles. The Balaban J connectivity index is 2.99. The van der Waals surface area contributed by atoms with E-state index in [-0.39, 0.29) is 11.4 Å². The Morgan fingerprint density at radius 3 is 2.31 bits per heavy atom. The minimum Gasteiger partial charge on any atom is -0.397 e. The summed E-state index contributed by atoms with van der Waals surface area (Å²) in [7, 11) is -4.50. The fourth-order valence-electron chi connectivity index (χ4n) is 0.726. The first-order valence-electron chi connectivity index (χ1n) is 3.20. The highest BCUT2D eigenvalue weighted by molar-refractivity contribution is 7.81. The standard InChI is InChI=1S/C6H8N2O4S/c7-5-2-1-4(3-6(5)8)12-13(9,10)11/h1-3H,7-8H2,(H,9,10,11). The zero-order valence-electron chi connectivity index (χ0n) is 6.47. The maximum atomic E-state index is 10.3. The van der Waals surface area contributed by atoms with E-state index in [0.717, 1.165) is 0 Å². The molecule has 0 amide bonds. The summed E-state index contributed by atoms with van der Waals surface area (Å²) >= 11 is 0. The van der Waals surface area contributed by atoms with Crippen LogP contribution in [0.15, 0.2) is 18.2 Å². The molecule has 0 heterocycles. The molecule has 0 bridgehead atoms. The highest BCUT2D eigenvalue weighted by Gasteiger charge is 2.07. The van der Waals surface area contributed by atoms with E-state index in [1.165, 1.54) is 18.2 Å². The summed E-state index contributed by atoms with van der Waals surface area (Å²) < 4.78 is 33.0. The van der Waals surface area contributed by atoms with Crippen molar-refractivity contribution in [2.75, 3.05) is 11.5 Å². The van der Waals surface area contributed by atoms with Gasteiger partial charge >= 0.3 is 10.4 Å². The van der Waals surface area contributed by atoms with E-state index in [4.69, 9.17) is 16.0 Å². The van der Waals surface area contributed by atoms with Gasteiger partial charge in [0.1, 0.15) is 5.75 Å². The van der Waals surface area contributed by atoms with Crippen LogP contribution in [-0.2, 0) is 10.4 Å². The molecule has 0 aliphatic heterocycles. The van der Waals surface area contributed by atoms with Crippen LogP contribution in [0.3, 0.4) is 0 Å². The molecule has 1 rings (SSSR count). The summed E-state index contributed by atoms with van der Waals surface area (Å²) in [6.07, 6.45) is 0. The predicted molar refractivity (Wildman–Crippen MR) is 47.4 cm³/mol. The summed E-state index contributed by atoms with van der Waals surface area (Å²) in [5.41, 5.74) is 11.2. The Morgan fingerprint density at radius 1 is 1.23 bits per heavy atom. The minimum absolute atomic E-state index is 0.0887. The van der Waals surface area contributed by atoms with Gasteiger partial charge in [0.2, 0.25) is 0 Å². The van der Waals surface area contributed by atoms with Crippen LogP contribution in [0.1, 0.15) is 0 Å². The number of benzene rings is 1. The topological polar surface area (TPSA) is 116 Å². The third kappa shape index (κ3) is 2.80. The van der Waals surface area contributed by atoms with Gasteiger partial charge in [0.15, 0.2) is 0 Å². The molecule has 72 valence electrons. The van der Waals surface area contributed by atoms with Gasteiger partial charge < -0.3 is 15.7 Å². The molecule has 0 unspecified atom stereocenters. The van der Waals surface area contributed by atoms with E-state index in [1.54, 1.807) is 0 Å². The smallest absolute Gasteiger partial charge is 0.397 e. The van der Waals surface area contributed by atoms with Crippen molar-refractivity contribution in [3.05, 3.63) is 18.2 Å². The van der Waals surface area contributed by atoms with E-state index in [1.807, 2.05) is 0 Å². The van der Waals surface area contributed by atoms with E-state index >= 15 is 0 Å². The zero-order chi connectivity index (χ0) is 10.1. The van der Waals surface area contributed by atoms with Crippen LogP contribution in [-0.4, -0.2) is 13.0 Å². The normalized spacial score (nSPS) is 11.2. The third-order valence-electron chi connectivity index (χ3n) is 1.26. The van der Waals surface area contributed by atoms with Crippen LogP contribution in [0, 0.1) is 0 Å². The van der Waals surface area contributed by atoms with Crippen molar-refractivity contribution >= 4 is 21.8 Å². The Labute approximate surface area is 75.1 Å². The highest BCUT2D eigenvalue weighted by atomic mass is 32.3. The molecule has 1 aromatic carbocycles. The second-order valence-corrected chi connectivity index (χ2v) is 3.32. The van der Waals surface area contributed by atoms with Gasteiger partial charge in [-0.2, -0.15) is 8.42 Å². The van der Waals surface area contributed by atoms with Crippen molar-refractivity contribution < 1.29 is 17.2 Å². The van der Waals surface area contributed by atoms with Gasteiger partial charge in [0.25, 0.3) is 0 Å². The first-order chi connectivity index (χ1) is 5.88. The summed E-state index contributed by atoms with van der Waals surface area (Å²) in [6, 6.07) is 3.85. The molecular weight excluding hydrogens is 196 g/mol. The number of hydrogen-bond donors (Lipinski definition) is 3. The van der Waals surface area contributed by atoms with Crippen LogP contribution in [0.4, 0.5) is 11.4 Å². The van der Waals surface area contributed by atoms with Gasteiger partial charge in [0.05, 0.1) is 11.4 Å². The van der Waals surface area contributed by atoms with Gasteiger partial charge in [-0.25, -0.2) is 0 Å². The van der Waals surface area contributed by atoms with E-state index in [2.05, 4.69) is 4.18 Å². The molecule has 0 aromatic heterocycles. The van der Waals surface area contributed by atoms with Crippen molar-refractivity contribution in [3.63, 3.8) is 0 Å². The lowest BCUT2D eigenvalue weighted by molar-refractivity contribution is 0.387. The monoisotopic (exact) mass is 204 g/mol. The maximum absolute atomic E-state index is 10.3. The maximum Gasteiger partial charge on any atom is 0.446 e. The zero-order valence-corrected chi connectivity index (χ0v) is 7.28. The number of rotatable bonds is 2. The molecule has 0 aliphatic rings. The number of nitrogen functional groups attached to an aromatic ring is 2. The van der Waals surface area contributed by atoms with E-state index < -0.39 is 10.4 Å². The van der Waals surface area contributed by atoms with Crippen molar-refractivity contribution in [1.29, 1.82) is 0 Å². The second-order valence-electron chi connectivity index (χ2n) is 2.30. The highest BCUT2D eigenvalue weighted by Crippen LogP contribution is 2.22. The first kappa shape index (κ1) is 9.62. The van der Waals surface area contributed by atoms with E-state index in [9.17, 15) is 8.42 Å². The predicted octanol–water partition coefficient (Wildman–Crippen LogP) is 0.0326. The summed E-state index contributed by atoms with van der Waals surface area (Å²) in [5.74, 6) is -0.0887. The summed E-state index contributed by atoms with van der Waals surface area (Å²) in [4.78, 5) is 0. The second kappa shape index (κ2) is 3.11. The van der Waals surface area contributed by atoms with Gasteiger partial charge in [-0.3, -0.25) is 4.55 Å². The van der Waals surface area contributed by atoms with Crippen molar-refractivity contribution in [1.82, 2.24) is 0 Å². The van der Waals surface area contributed by atoms with Crippen molar-refractivity contribution in [2.24, 2.45) is 0 Å². The van der Waals surface area contributed by atoms with Gasteiger partial charge in [-0.05, 0) is 12.1 Å². The molecule has 13 heavy (non-hydrogen) atoms. The Hall–Kier alpha value is -1.47.